The molecule has 7 nitrogen and oxygen atoms in total. The Kier molecular flexibility index (Phi) is 3.96. The molecule has 0 aromatic heterocycles. The zero-order chi connectivity index (χ0) is 18.4. The summed E-state index contributed by atoms with van der Waals surface area (Å²) >= 11 is 0. The number of phenolic OH excluding ortho intramolecular Hbond substituents is 1. The number of fused-ring (bicyclic) bond motifs is 2. The predicted octanol–water partition coefficient (Wildman–Crippen LogP) is 2.62. The zero-order valence-corrected chi connectivity index (χ0v) is 14.7. The number of phenols is 1. The van der Waals surface area contributed by atoms with E-state index < -0.39 is 6.29 Å². The van der Waals surface area contributed by atoms with Gasteiger partial charge in [-0.15, -0.1) is 0 Å². The van der Waals surface area contributed by atoms with Gasteiger partial charge in [-0.2, -0.15) is 0 Å². The Morgan fingerprint density at radius 2 is 1.58 bits per heavy atom. The fourth-order valence-corrected chi connectivity index (χ4v) is 3.55. The highest BCUT2D eigenvalue weighted by Crippen LogP contribution is 2.50. The lowest BCUT2D eigenvalue weighted by Gasteiger charge is -2.35. The Labute approximate surface area is 150 Å². The molecule has 2 N–H and O–H groups in total. The molecule has 4 rings (SSSR count). The van der Waals surface area contributed by atoms with Crippen molar-refractivity contribution in [1.82, 2.24) is 0 Å². The van der Waals surface area contributed by atoms with Gasteiger partial charge in [0.05, 0.1) is 14.2 Å². The number of aliphatic hydroxyl groups excluding tert-OH is 1. The molecule has 2 aromatic carbocycles. The van der Waals surface area contributed by atoms with Gasteiger partial charge < -0.3 is 33.9 Å². The summed E-state index contributed by atoms with van der Waals surface area (Å²) in [5.41, 5.74) is 1.69. The van der Waals surface area contributed by atoms with Gasteiger partial charge in [-0.1, -0.05) is 6.92 Å². The Morgan fingerprint density at radius 1 is 0.962 bits per heavy atom. The fraction of sp³-hybridized carbons (Fsp3) is 0.368. The first-order chi connectivity index (χ1) is 12.5. The summed E-state index contributed by atoms with van der Waals surface area (Å²) < 4.78 is 27.1. The largest absolute Gasteiger partial charge is 0.502 e. The molecule has 2 aliphatic heterocycles. The van der Waals surface area contributed by atoms with Gasteiger partial charge in [0, 0.05) is 23.5 Å². The van der Waals surface area contributed by atoms with Crippen LogP contribution in [0.4, 0.5) is 0 Å². The fourth-order valence-electron chi connectivity index (χ4n) is 3.55. The van der Waals surface area contributed by atoms with E-state index in [0.29, 0.717) is 28.7 Å². The number of aliphatic hydroxyl groups is 1. The van der Waals surface area contributed by atoms with Crippen molar-refractivity contribution in [3.8, 4) is 34.5 Å². The van der Waals surface area contributed by atoms with E-state index in [-0.39, 0.29) is 24.4 Å². The molecule has 0 bridgehead atoms. The second-order valence-electron chi connectivity index (χ2n) is 6.36. The van der Waals surface area contributed by atoms with Crippen LogP contribution >= 0.6 is 0 Å². The molecule has 0 unspecified atom stereocenters. The number of hydrogen-bond acceptors (Lipinski definition) is 7. The van der Waals surface area contributed by atoms with Crippen LogP contribution in [0, 0.1) is 5.92 Å². The second kappa shape index (κ2) is 6.17. The van der Waals surface area contributed by atoms with Gasteiger partial charge >= 0.3 is 0 Å². The number of methoxy groups -OCH3 is 2. The molecule has 0 saturated heterocycles. The summed E-state index contributed by atoms with van der Waals surface area (Å²) in [6.45, 7) is 2.05. The Bertz CT molecular complexity index is 823. The van der Waals surface area contributed by atoms with Gasteiger partial charge in [-0.25, -0.2) is 0 Å². The quantitative estimate of drug-likeness (QED) is 0.870. The molecular weight excluding hydrogens is 340 g/mol. The van der Waals surface area contributed by atoms with E-state index in [9.17, 15) is 10.2 Å². The van der Waals surface area contributed by atoms with Gasteiger partial charge in [0.15, 0.2) is 23.0 Å². The van der Waals surface area contributed by atoms with Crippen molar-refractivity contribution in [2.75, 3.05) is 21.0 Å². The summed E-state index contributed by atoms with van der Waals surface area (Å²) in [6.07, 6.45) is -0.987. The first-order valence-electron chi connectivity index (χ1n) is 8.26. The summed E-state index contributed by atoms with van der Waals surface area (Å²) in [4.78, 5) is 0. The number of hydrogen-bond donors (Lipinski definition) is 2. The Balaban J connectivity index is 1.89. The molecule has 2 heterocycles. The zero-order valence-electron chi connectivity index (χ0n) is 14.7. The van der Waals surface area contributed by atoms with E-state index in [1.165, 1.54) is 14.2 Å². The highest BCUT2D eigenvalue weighted by Gasteiger charge is 2.38. The molecule has 0 aliphatic carbocycles. The second-order valence-corrected chi connectivity index (χ2v) is 6.36. The highest BCUT2D eigenvalue weighted by atomic mass is 16.7. The van der Waals surface area contributed by atoms with E-state index in [1.54, 1.807) is 18.2 Å². The molecule has 0 fully saturated rings. The molecule has 2 aromatic rings. The van der Waals surface area contributed by atoms with Crippen molar-refractivity contribution in [3.05, 3.63) is 35.4 Å². The average molecular weight is 360 g/mol. The number of benzene rings is 2. The molecule has 3 atom stereocenters. The highest BCUT2D eigenvalue weighted by molar-refractivity contribution is 5.59. The smallest absolute Gasteiger partial charge is 0.231 e. The minimum absolute atomic E-state index is 0.0649. The molecule has 7 heteroatoms. The van der Waals surface area contributed by atoms with Gasteiger partial charge in [0.2, 0.25) is 18.8 Å². The van der Waals surface area contributed by atoms with Crippen molar-refractivity contribution >= 4 is 0 Å². The topological polar surface area (TPSA) is 86.6 Å². The third-order valence-electron chi connectivity index (χ3n) is 4.92. The van der Waals surface area contributed by atoms with E-state index in [0.717, 1.165) is 11.1 Å². The lowest BCUT2D eigenvalue weighted by molar-refractivity contribution is -0.0729. The molecule has 2 aliphatic rings. The Morgan fingerprint density at radius 3 is 2.19 bits per heavy atom. The molecule has 0 radical (unpaired) electrons. The lowest BCUT2D eigenvalue weighted by atomic mass is 9.79. The van der Waals surface area contributed by atoms with Gasteiger partial charge in [0.1, 0.15) is 5.75 Å². The third-order valence-corrected chi connectivity index (χ3v) is 4.92. The summed E-state index contributed by atoms with van der Waals surface area (Å²) in [7, 11) is 2.96. The van der Waals surface area contributed by atoms with Crippen LogP contribution in [0.2, 0.25) is 0 Å². The Hall–Kier alpha value is -2.80. The van der Waals surface area contributed by atoms with E-state index in [4.69, 9.17) is 23.7 Å². The average Bonchev–Trinajstić information content (AvgIpc) is 3.09. The minimum atomic E-state index is -0.987. The molecule has 0 spiro atoms. The normalized spacial score (nSPS) is 23.2. The van der Waals surface area contributed by atoms with Crippen LogP contribution in [0.5, 0.6) is 34.5 Å². The molecule has 0 saturated carbocycles. The first kappa shape index (κ1) is 16.7. The van der Waals surface area contributed by atoms with Crippen molar-refractivity contribution in [1.29, 1.82) is 0 Å². The molecular formula is C19H20O7. The van der Waals surface area contributed by atoms with Crippen LogP contribution in [0.25, 0.3) is 0 Å². The van der Waals surface area contributed by atoms with E-state index >= 15 is 0 Å². The molecule has 0 amide bonds. The monoisotopic (exact) mass is 360 g/mol. The summed E-state index contributed by atoms with van der Waals surface area (Å²) in [5, 5.41) is 20.6. The molecule has 138 valence electrons. The van der Waals surface area contributed by atoms with Crippen molar-refractivity contribution < 1.29 is 33.9 Å². The van der Waals surface area contributed by atoms with Crippen LogP contribution in [-0.2, 0) is 0 Å². The standard InChI is InChI=1S/C19H20O7/c1-9-17(10-4-15(22-2)18(20)16(5-10)23-3)11-6-13-14(25-8-24-13)7-12(11)26-19(9)21/h4-7,9,17,19-21H,8H2,1-3H3/t9-,17+,19-/m1/s1. The van der Waals surface area contributed by atoms with E-state index in [2.05, 4.69) is 0 Å². The molecule has 26 heavy (non-hydrogen) atoms. The van der Waals surface area contributed by atoms with Gasteiger partial charge in [0.25, 0.3) is 0 Å². The summed E-state index contributed by atoms with van der Waals surface area (Å²) in [6, 6.07) is 7.09. The predicted molar refractivity (Wildman–Crippen MR) is 91.4 cm³/mol. The van der Waals surface area contributed by atoms with Gasteiger partial charge in [-0.05, 0) is 23.8 Å². The maximum atomic E-state index is 10.4. The maximum Gasteiger partial charge on any atom is 0.231 e. The van der Waals surface area contributed by atoms with Crippen LogP contribution in [-0.4, -0.2) is 37.5 Å². The lowest BCUT2D eigenvalue weighted by Crippen LogP contribution is -2.34. The number of rotatable bonds is 3. The van der Waals surface area contributed by atoms with Crippen molar-refractivity contribution in [2.24, 2.45) is 5.92 Å². The van der Waals surface area contributed by atoms with Crippen molar-refractivity contribution in [3.63, 3.8) is 0 Å². The summed E-state index contributed by atoms with van der Waals surface area (Å²) in [5.74, 6) is 1.84. The van der Waals surface area contributed by atoms with Crippen LogP contribution < -0.4 is 23.7 Å². The minimum Gasteiger partial charge on any atom is -0.502 e. The maximum absolute atomic E-state index is 10.4. The third kappa shape index (κ3) is 2.47. The SMILES string of the molecule is COc1cc([C@H]2c3cc4c(cc3O[C@@H](O)[C@@H]2C)OCO4)cc(OC)c1O. The van der Waals surface area contributed by atoms with E-state index in [1.807, 2.05) is 13.0 Å². The van der Waals surface area contributed by atoms with Crippen molar-refractivity contribution in [2.45, 2.75) is 19.1 Å². The van der Waals surface area contributed by atoms with Crippen LogP contribution in [0.3, 0.4) is 0 Å². The van der Waals surface area contributed by atoms with Gasteiger partial charge in [-0.3, -0.25) is 0 Å². The van der Waals surface area contributed by atoms with Crippen LogP contribution in [0.15, 0.2) is 24.3 Å². The number of aromatic hydroxyl groups is 1. The van der Waals surface area contributed by atoms with Crippen LogP contribution in [0.1, 0.15) is 24.0 Å². The number of ether oxygens (including phenoxy) is 5. The first-order valence-corrected chi connectivity index (χ1v) is 8.26.